The molecule has 2 aromatic carbocycles. The summed E-state index contributed by atoms with van der Waals surface area (Å²) in [4.78, 5) is 0. The Morgan fingerprint density at radius 1 is 1.05 bits per heavy atom. The van der Waals surface area contributed by atoms with E-state index in [4.69, 9.17) is 0 Å². The lowest BCUT2D eigenvalue weighted by Crippen LogP contribution is -2.23. The van der Waals surface area contributed by atoms with Gasteiger partial charge in [-0.25, -0.2) is 4.39 Å². The second-order valence-electron chi connectivity index (χ2n) is 4.97. The maximum atomic E-state index is 13.5. The Labute approximate surface area is 114 Å². The van der Waals surface area contributed by atoms with E-state index in [-0.39, 0.29) is 17.8 Å². The highest BCUT2D eigenvalue weighted by Gasteiger charge is 2.21. The Hall–Kier alpha value is -1.67. The Balaban J connectivity index is 2.37. The quantitative estimate of drug-likeness (QED) is 0.865. The van der Waals surface area contributed by atoms with Crippen LogP contribution in [0.5, 0.6) is 0 Å². The maximum absolute atomic E-state index is 13.5. The van der Waals surface area contributed by atoms with Crippen molar-refractivity contribution in [3.05, 3.63) is 71.0 Å². The molecule has 0 amide bonds. The van der Waals surface area contributed by atoms with Gasteiger partial charge < -0.3 is 5.32 Å². The first-order chi connectivity index (χ1) is 9.13. The van der Waals surface area contributed by atoms with E-state index in [1.165, 1.54) is 11.6 Å². The van der Waals surface area contributed by atoms with E-state index in [0.29, 0.717) is 0 Å². The van der Waals surface area contributed by atoms with E-state index < -0.39 is 0 Å². The molecular weight excluding hydrogens is 237 g/mol. The molecule has 0 bridgehead atoms. The first-order valence-corrected chi connectivity index (χ1v) is 6.61. The number of rotatable bonds is 4. The lowest BCUT2D eigenvalue weighted by atomic mass is 9.87. The lowest BCUT2D eigenvalue weighted by molar-refractivity contribution is 0.501. The first kappa shape index (κ1) is 13.8. The van der Waals surface area contributed by atoms with Crippen molar-refractivity contribution in [2.45, 2.75) is 25.8 Å². The molecule has 0 saturated heterocycles. The molecule has 0 fully saturated rings. The molecule has 0 aliphatic carbocycles. The van der Waals surface area contributed by atoms with Crippen LogP contribution in [0.1, 0.15) is 35.6 Å². The van der Waals surface area contributed by atoms with Gasteiger partial charge in [0, 0.05) is 12.0 Å². The summed E-state index contributed by atoms with van der Waals surface area (Å²) >= 11 is 0. The number of benzene rings is 2. The van der Waals surface area contributed by atoms with Crippen molar-refractivity contribution in [1.29, 1.82) is 0 Å². The largest absolute Gasteiger partial charge is 0.312 e. The van der Waals surface area contributed by atoms with E-state index in [0.717, 1.165) is 11.1 Å². The second kappa shape index (κ2) is 5.98. The predicted molar refractivity (Wildman–Crippen MR) is 77.8 cm³/mol. The SMILES string of the molecule is CNC(c1cc(F)ccc1C)C(C)c1ccccc1. The molecule has 0 heterocycles. The lowest BCUT2D eigenvalue weighted by Gasteiger charge is -2.26. The normalized spacial score (nSPS) is 14.1. The van der Waals surface area contributed by atoms with Crippen LogP contribution in [0, 0.1) is 12.7 Å². The van der Waals surface area contributed by atoms with Gasteiger partial charge in [0.25, 0.3) is 0 Å². The van der Waals surface area contributed by atoms with Gasteiger partial charge in [-0.3, -0.25) is 0 Å². The summed E-state index contributed by atoms with van der Waals surface area (Å²) in [5.41, 5.74) is 3.40. The molecule has 2 rings (SSSR count). The number of hydrogen-bond acceptors (Lipinski definition) is 1. The van der Waals surface area contributed by atoms with Crippen LogP contribution in [0.2, 0.25) is 0 Å². The van der Waals surface area contributed by atoms with Gasteiger partial charge in [0.05, 0.1) is 0 Å². The summed E-state index contributed by atoms with van der Waals surface area (Å²) in [7, 11) is 1.93. The zero-order chi connectivity index (χ0) is 13.8. The number of nitrogens with one attached hydrogen (secondary N) is 1. The van der Waals surface area contributed by atoms with E-state index in [1.54, 1.807) is 6.07 Å². The zero-order valence-electron chi connectivity index (χ0n) is 11.7. The molecule has 0 aromatic heterocycles. The number of hydrogen-bond donors (Lipinski definition) is 1. The van der Waals surface area contributed by atoms with E-state index in [1.807, 2.05) is 38.2 Å². The van der Waals surface area contributed by atoms with Crippen LogP contribution in [0.4, 0.5) is 4.39 Å². The molecule has 19 heavy (non-hydrogen) atoms. The van der Waals surface area contributed by atoms with Gasteiger partial charge >= 0.3 is 0 Å². The third kappa shape index (κ3) is 3.02. The summed E-state index contributed by atoms with van der Waals surface area (Å²) in [6.07, 6.45) is 0. The van der Waals surface area contributed by atoms with Crippen LogP contribution in [-0.4, -0.2) is 7.05 Å². The Bertz CT molecular complexity index is 536. The molecule has 1 N–H and O–H groups in total. The number of likely N-dealkylation sites (N-methyl/N-ethyl adjacent to an activating group) is 1. The summed E-state index contributed by atoms with van der Waals surface area (Å²) < 4.78 is 13.5. The van der Waals surface area contributed by atoms with Gasteiger partial charge in [0.15, 0.2) is 0 Å². The molecule has 0 aliphatic heterocycles. The van der Waals surface area contributed by atoms with Crippen LogP contribution in [0.3, 0.4) is 0 Å². The maximum Gasteiger partial charge on any atom is 0.123 e. The molecule has 0 spiro atoms. The second-order valence-corrected chi connectivity index (χ2v) is 4.97. The predicted octanol–water partition coefficient (Wildman–Crippen LogP) is 4.20. The molecule has 100 valence electrons. The summed E-state index contributed by atoms with van der Waals surface area (Å²) in [5, 5.41) is 3.32. The topological polar surface area (TPSA) is 12.0 Å². The van der Waals surface area contributed by atoms with Crippen molar-refractivity contribution in [2.75, 3.05) is 7.05 Å². The van der Waals surface area contributed by atoms with Crippen LogP contribution < -0.4 is 5.32 Å². The van der Waals surface area contributed by atoms with Crippen molar-refractivity contribution >= 4 is 0 Å². The van der Waals surface area contributed by atoms with Crippen molar-refractivity contribution in [2.24, 2.45) is 0 Å². The monoisotopic (exact) mass is 257 g/mol. The van der Waals surface area contributed by atoms with E-state index >= 15 is 0 Å². The van der Waals surface area contributed by atoms with Crippen molar-refractivity contribution in [3.8, 4) is 0 Å². The van der Waals surface area contributed by atoms with Crippen LogP contribution in [-0.2, 0) is 0 Å². The molecule has 2 atom stereocenters. The van der Waals surface area contributed by atoms with Gasteiger partial charge in [0.1, 0.15) is 5.82 Å². The van der Waals surface area contributed by atoms with Gasteiger partial charge in [-0.1, -0.05) is 43.3 Å². The van der Waals surface area contributed by atoms with Gasteiger partial charge in [-0.15, -0.1) is 0 Å². The average Bonchev–Trinajstić information content (AvgIpc) is 2.44. The smallest absolute Gasteiger partial charge is 0.123 e. The Morgan fingerprint density at radius 3 is 2.37 bits per heavy atom. The van der Waals surface area contributed by atoms with Crippen molar-refractivity contribution in [1.82, 2.24) is 5.32 Å². The molecule has 0 aliphatic rings. The van der Waals surface area contributed by atoms with Crippen LogP contribution >= 0.6 is 0 Å². The summed E-state index contributed by atoms with van der Waals surface area (Å²) in [5.74, 6) is 0.104. The zero-order valence-corrected chi connectivity index (χ0v) is 11.7. The third-order valence-corrected chi connectivity index (χ3v) is 3.71. The highest BCUT2D eigenvalue weighted by molar-refractivity contribution is 5.33. The standard InChI is InChI=1S/C17H20FN/c1-12-9-10-15(18)11-16(12)17(19-3)13(2)14-7-5-4-6-8-14/h4-11,13,17,19H,1-3H3. The van der Waals surface area contributed by atoms with E-state index in [2.05, 4.69) is 24.4 Å². The summed E-state index contributed by atoms with van der Waals surface area (Å²) in [6, 6.07) is 15.4. The molecular formula is C17H20FN. The molecule has 0 radical (unpaired) electrons. The minimum Gasteiger partial charge on any atom is -0.312 e. The van der Waals surface area contributed by atoms with Gasteiger partial charge in [0.2, 0.25) is 0 Å². The first-order valence-electron chi connectivity index (χ1n) is 6.61. The third-order valence-electron chi connectivity index (χ3n) is 3.71. The van der Waals surface area contributed by atoms with Crippen LogP contribution in [0.15, 0.2) is 48.5 Å². The minimum atomic E-state index is -0.180. The Morgan fingerprint density at radius 2 is 1.74 bits per heavy atom. The average molecular weight is 257 g/mol. The summed E-state index contributed by atoms with van der Waals surface area (Å²) in [6.45, 7) is 4.19. The van der Waals surface area contributed by atoms with E-state index in [9.17, 15) is 4.39 Å². The van der Waals surface area contributed by atoms with Crippen molar-refractivity contribution < 1.29 is 4.39 Å². The molecule has 2 heteroatoms. The fourth-order valence-electron chi connectivity index (χ4n) is 2.57. The number of aryl methyl sites for hydroxylation is 1. The highest BCUT2D eigenvalue weighted by atomic mass is 19.1. The molecule has 0 saturated carbocycles. The fourth-order valence-corrected chi connectivity index (χ4v) is 2.57. The van der Waals surface area contributed by atoms with Gasteiger partial charge in [-0.2, -0.15) is 0 Å². The molecule has 1 nitrogen and oxygen atoms in total. The molecule has 2 unspecified atom stereocenters. The van der Waals surface area contributed by atoms with Crippen molar-refractivity contribution in [3.63, 3.8) is 0 Å². The molecule has 2 aromatic rings. The van der Waals surface area contributed by atoms with Gasteiger partial charge in [-0.05, 0) is 42.8 Å². The van der Waals surface area contributed by atoms with Crippen LogP contribution in [0.25, 0.3) is 0 Å². The minimum absolute atomic E-state index is 0.109. The fraction of sp³-hybridized carbons (Fsp3) is 0.294. The number of halogens is 1. The Kier molecular flexibility index (Phi) is 4.33. The highest BCUT2D eigenvalue weighted by Crippen LogP contribution is 2.32.